The smallest absolute Gasteiger partial charge is 0.421 e. The average Bonchev–Trinajstić information content (AvgIpc) is 3.35. The van der Waals surface area contributed by atoms with Gasteiger partial charge in [0, 0.05) is 17.5 Å². The van der Waals surface area contributed by atoms with Gasteiger partial charge in [-0.2, -0.15) is 0 Å². The number of imide groups is 1. The summed E-state index contributed by atoms with van der Waals surface area (Å²) in [7, 11) is 0. The maximum atomic E-state index is 15.1. The van der Waals surface area contributed by atoms with Gasteiger partial charge in [0.25, 0.3) is 0 Å². The van der Waals surface area contributed by atoms with Crippen molar-refractivity contribution in [2.75, 3.05) is 4.90 Å². The third kappa shape index (κ3) is 5.37. The van der Waals surface area contributed by atoms with E-state index in [1.54, 1.807) is 111 Å². The lowest BCUT2D eigenvalue weighted by molar-refractivity contribution is -0.166. The van der Waals surface area contributed by atoms with Crippen molar-refractivity contribution in [3.05, 3.63) is 65.4 Å². The van der Waals surface area contributed by atoms with E-state index < -0.39 is 63.9 Å². The zero-order chi connectivity index (χ0) is 34.1. The van der Waals surface area contributed by atoms with E-state index >= 15 is 4.79 Å². The summed E-state index contributed by atoms with van der Waals surface area (Å²) in [6.45, 7) is 16.8. The van der Waals surface area contributed by atoms with E-state index in [-0.39, 0.29) is 12.1 Å². The van der Waals surface area contributed by atoms with Crippen LogP contribution in [-0.4, -0.2) is 51.2 Å². The van der Waals surface area contributed by atoms with Gasteiger partial charge in [0.05, 0.1) is 23.0 Å². The van der Waals surface area contributed by atoms with Crippen molar-refractivity contribution in [2.45, 2.75) is 104 Å². The van der Waals surface area contributed by atoms with Crippen molar-refractivity contribution in [3.8, 4) is 0 Å². The first-order chi connectivity index (χ1) is 21.2. The summed E-state index contributed by atoms with van der Waals surface area (Å²) in [5.74, 6) is -4.50. The quantitative estimate of drug-likeness (QED) is 0.223. The van der Waals surface area contributed by atoms with Crippen LogP contribution in [0.15, 0.2) is 48.5 Å². The van der Waals surface area contributed by atoms with Gasteiger partial charge >= 0.3 is 18.2 Å². The molecule has 0 bridgehead atoms. The highest BCUT2D eigenvalue weighted by Crippen LogP contribution is 2.60. The number of ether oxygens (including phenoxy) is 3. The molecule has 2 aliphatic rings. The third-order valence-electron chi connectivity index (χ3n) is 8.10. The van der Waals surface area contributed by atoms with Crippen LogP contribution in [0, 0.1) is 5.92 Å². The standard InChI is InChI=1S/C36H42N2O8/c1-20(39)28-27-21-15-11-13-17-24(21)37(31(42)45-34(5,6)7)26(27)19-23(29(40)44-33(2,3)4)36(28)22-16-12-14-18-25(22)38(30(36)41)32(43)46-35(8,9)10/h11-18,23,28H,19H2,1-10H3/t23-,28+,36-/m1/s1. The second-order valence-electron chi connectivity index (χ2n) is 15.0. The molecule has 0 unspecified atom stereocenters. The van der Waals surface area contributed by atoms with E-state index in [1.165, 1.54) is 11.5 Å². The minimum Gasteiger partial charge on any atom is -0.460 e. The Morgan fingerprint density at radius 1 is 0.761 bits per heavy atom. The summed E-state index contributed by atoms with van der Waals surface area (Å²) >= 11 is 0. The van der Waals surface area contributed by atoms with E-state index in [4.69, 9.17) is 14.2 Å². The number of esters is 1. The fraction of sp³-hybridized carbons (Fsp3) is 0.472. The number of para-hydroxylation sites is 2. The number of amides is 2. The molecular formula is C36H42N2O8. The van der Waals surface area contributed by atoms with Gasteiger partial charge in [-0.15, -0.1) is 0 Å². The van der Waals surface area contributed by atoms with Crippen LogP contribution < -0.4 is 4.90 Å². The van der Waals surface area contributed by atoms with Crippen LogP contribution in [0.1, 0.15) is 92.0 Å². The summed E-state index contributed by atoms with van der Waals surface area (Å²) in [5, 5.41) is 0.562. The van der Waals surface area contributed by atoms with Crippen molar-refractivity contribution in [3.63, 3.8) is 0 Å². The summed E-state index contributed by atoms with van der Waals surface area (Å²) in [4.78, 5) is 72.1. The Labute approximate surface area is 269 Å². The second kappa shape index (κ2) is 10.8. The van der Waals surface area contributed by atoms with Crippen LogP contribution in [-0.2, 0) is 40.4 Å². The highest BCUT2D eigenvalue weighted by Gasteiger charge is 2.68. The summed E-state index contributed by atoms with van der Waals surface area (Å²) in [6.07, 6.45) is -1.75. The number of carbonyl (C=O) groups is 5. The number of benzene rings is 2. The number of hydrogen-bond donors (Lipinski definition) is 0. The highest BCUT2D eigenvalue weighted by molar-refractivity contribution is 6.24. The van der Waals surface area contributed by atoms with E-state index in [9.17, 15) is 19.2 Å². The fourth-order valence-electron chi connectivity index (χ4n) is 6.84. The first kappa shape index (κ1) is 32.9. The minimum absolute atomic E-state index is 0.149. The lowest BCUT2D eigenvalue weighted by Crippen LogP contribution is -2.58. The molecule has 1 aromatic heterocycles. The molecule has 0 saturated carbocycles. The van der Waals surface area contributed by atoms with Crippen molar-refractivity contribution in [1.29, 1.82) is 0 Å². The van der Waals surface area contributed by atoms with Gasteiger partial charge in [0.2, 0.25) is 5.91 Å². The molecule has 0 radical (unpaired) electrons. The topological polar surface area (TPSA) is 121 Å². The monoisotopic (exact) mass is 630 g/mol. The minimum atomic E-state index is -1.89. The van der Waals surface area contributed by atoms with E-state index in [0.29, 0.717) is 27.7 Å². The highest BCUT2D eigenvalue weighted by atomic mass is 16.6. The number of carbonyl (C=O) groups excluding carboxylic acids is 5. The molecule has 0 fully saturated rings. The Kier molecular flexibility index (Phi) is 7.74. The molecule has 2 amide bonds. The van der Waals surface area contributed by atoms with Crippen LogP contribution in [0.4, 0.5) is 15.3 Å². The SMILES string of the molecule is CC(=O)[C@H]1c2c(n(C(=O)OC(C)(C)C)c3ccccc23)C[C@H](C(=O)OC(C)(C)C)[C@@]12C(=O)N(C(=O)OC(C)(C)C)c1ccccc12. The Bertz CT molecular complexity index is 1780. The molecule has 2 aromatic carbocycles. The zero-order valence-electron chi connectivity index (χ0n) is 28.1. The van der Waals surface area contributed by atoms with Crippen LogP contribution in [0.5, 0.6) is 0 Å². The molecule has 46 heavy (non-hydrogen) atoms. The molecule has 0 N–H and O–H groups in total. The van der Waals surface area contributed by atoms with E-state index in [0.717, 1.165) is 4.90 Å². The molecule has 244 valence electrons. The largest absolute Gasteiger partial charge is 0.460 e. The molecule has 3 atom stereocenters. The first-order valence-electron chi connectivity index (χ1n) is 15.4. The molecular weight excluding hydrogens is 588 g/mol. The summed E-state index contributed by atoms with van der Waals surface area (Å²) in [5.41, 5.74) is -2.79. The summed E-state index contributed by atoms with van der Waals surface area (Å²) in [6, 6.07) is 13.7. The van der Waals surface area contributed by atoms with Crippen molar-refractivity contribution >= 4 is 46.4 Å². The second-order valence-corrected chi connectivity index (χ2v) is 15.0. The molecule has 1 aliphatic heterocycles. The van der Waals surface area contributed by atoms with Gasteiger partial charge in [0.15, 0.2) is 0 Å². The number of aromatic nitrogens is 1. The number of rotatable bonds is 2. The van der Waals surface area contributed by atoms with Crippen molar-refractivity contribution in [1.82, 2.24) is 4.57 Å². The average molecular weight is 631 g/mol. The maximum Gasteiger partial charge on any atom is 0.421 e. The number of fused-ring (bicyclic) bond motifs is 5. The molecule has 1 spiro atoms. The van der Waals surface area contributed by atoms with Gasteiger partial charge in [-0.1, -0.05) is 36.4 Å². The molecule has 2 heterocycles. The lowest BCUT2D eigenvalue weighted by atomic mass is 9.55. The molecule has 1 aliphatic carbocycles. The number of ketones is 1. The van der Waals surface area contributed by atoms with Crippen LogP contribution >= 0.6 is 0 Å². The molecule has 5 rings (SSSR count). The van der Waals surface area contributed by atoms with Gasteiger partial charge in [-0.25, -0.2) is 19.1 Å². The Balaban J connectivity index is 1.89. The molecule has 3 aromatic rings. The van der Waals surface area contributed by atoms with Gasteiger partial charge in [0.1, 0.15) is 28.0 Å². The van der Waals surface area contributed by atoms with Crippen molar-refractivity contribution in [2.24, 2.45) is 5.92 Å². The van der Waals surface area contributed by atoms with Gasteiger partial charge in [-0.3, -0.25) is 14.4 Å². The van der Waals surface area contributed by atoms with Crippen molar-refractivity contribution < 1.29 is 38.2 Å². The number of hydrogen-bond acceptors (Lipinski definition) is 8. The lowest BCUT2D eigenvalue weighted by Gasteiger charge is -2.44. The summed E-state index contributed by atoms with van der Waals surface area (Å²) < 4.78 is 18.8. The van der Waals surface area contributed by atoms with Crippen LogP contribution in [0.3, 0.4) is 0 Å². The zero-order valence-corrected chi connectivity index (χ0v) is 28.1. The van der Waals surface area contributed by atoms with E-state index in [1.807, 2.05) is 0 Å². The Morgan fingerprint density at radius 2 is 1.30 bits per heavy atom. The van der Waals surface area contributed by atoms with Gasteiger partial charge < -0.3 is 14.2 Å². The predicted octanol–water partition coefficient (Wildman–Crippen LogP) is 6.83. The molecule has 10 heteroatoms. The number of nitrogens with zero attached hydrogens (tertiary/aromatic N) is 2. The van der Waals surface area contributed by atoms with Crippen LogP contribution in [0.25, 0.3) is 10.9 Å². The third-order valence-corrected chi connectivity index (χ3v) is 8.10. The predicted molar refractivity (Wildman–Crippen MR) is 172 cm³/mol. The fourth-order valence-corrected chi connectivity index (χ4v) is 6.84. The molecule has 10 nitrogen and oxygen atoms in total. The maximum absolute atomic E-state index is 15.1. The first-order valence-corrected chi connectivity index (χ1v) is 15.4. The van der Waals surface area contributed by atoms with Gasteiger partial charge in [-0.05, 0) is 92.5 Å². The normalized spacial score (nSPS) is 21.2. The van der Waals surface area contributed by atoms with Crippen LogP contribution in [0.2, 0.25) is 0 Å². The Hall–Kier alpha value is -4.47. The Morgan fingerprint density at radius 3 is 1.89 bits per heavy atom. The number of anilines is 1. The molecule has 0 saturated heterocycles. The van der Waals surface area contributed by atoms with E-state index in [2.05, 4.69) is 0 Å². The number of Topliss-reactive ketones (excluding diaryl/α,β-unsaturated/α-hetero) is 1.